The second-order valence-corrected chi connectivity index (χ2v) is 5.92. The van der Waals surface area contributed by atoms with Crippen molar-refractivity contribution in [3.63, 3.8) is 0 Å². The van der Waals surface area contributed by atoms with Crippen LogP contribution in [0, 0.1) is 11.3 Å². The number of thioether (sulfide) groups is 1. The molecule has 4 nitrogen and oxygen atoms in total. The third kappa shape index (κ3) is 2.75. The number of nitrogens with one attached hydrogen (secondary N) is 1. The Morgan fingerprint density at radius 3 is 2.65 bits per heavy atom. The lowest BCUT2D eigenvalue weighted by atomic mass is 9.81. The van der Waals surface area contributed by atoms with Gasteiger partial charge in [0.25, 0.3) is 0 Å². The van der Waals surface area contributed by atoms with Crippen molar-refractivity contribution in [1.82, 2.24) is 0 Å². The van der Waals surface area contributed by atoms with Crippen LogP contribution in [0.15, 0.2) is 23.1 Å². The molecule has 1 fully saturated rings. The number of hydrogen-bond donors (Lipinski definition) is 2. The number of carboxylic acid groups (broad SMARTS) is 1. The number of nitriles is 1. The standard InChI is InChI=1S/C15H18N2O2S/c1-20-13-7-5-6-12(11(13)10-16)17-15(14(18)19)8-3-2-4-9-15/h5-7,17H,2-4,8-9H2,1H3,(H,18,19). The summed E-state index contributed by atoms with van der Waals surface area (Å²) in [7, 11) is 0. The Morgan fingerprint density at radius 1 is 1.40 bits per heavy atom. The molecule has 0 aliphatic heterocycles. The van der Waals surface area contributed by atoms with Crippen LogP contribution in [0.25, 0.3) is 0 Å². The quantitative estimate of drug-likeness (QED) is 0.830. The maximum atomic E-state index is 11.7. The minimum atomic E-state index is -0.930. The van der Waals surface area contributed by atoms with Gasteiger partial charge in [0.1, 0.15) is 11.6 Å². The van der Waals surface area contributed by atoms with Gasteiger partial charge in [0.15, 0.2) is 0 Å². The summed E-state index contributed by atoms with van der Waals surface area (Å²) >= 11 is 1.49. The number of anilines is 1. The number of aliphatic carboxylic acids is 1. The smallest absolute Gasteiger partial charge is 0.329 e. The average Bonchev–Trinajstić information content (AvgIpc) is 2.47. The highest BCUT2D eigenvalue weighted by Gasteiger charge is 2.40. The lowest BCUT2D eigenvalue weighted by molar-refractivity contribution is -0.143. The van der Waals surface area contributed by atoms with E-state index < -0.39 is 11.5 Å². The molecule has 1 aromatic rings. The van der Waals surface area contributed by atoms with Gasteiger partial charge in [0.2, 0.25) is 0 Å². The van der Waals surface area contributed by atoms with Crippen LogP contribution in [-0.2, 0) is 4.79 Å². The topological polar surface area (TPSA) is 73.1 Å². The summed E-state index contributed by atoms with van der Waals surface area (Å²) in [6.07, 6.45) is 6.01. The molecule has 2 rings (SSSR count). The molecule has 0 atom stereocenters. The van der Waals surface area contributed by atoms with Crippen LogP contribution in [0.1, 0.15) is 37.7 Å². The molecule has 0 saturated heterocycles. The summed E-state index contributed by atoms with van der Waals surface area (Å²) in [5.74, 6) is -0.823. The molecule has 2 N–H and O–H groups in total. The fourth-order valence-corrected chi connectivity index (χ4v) is 3.30. The molecule has 0 spiro atoms. The predicted molar refractivity (Wildman–Crippen MR) is 80.0 cm³/mol. The Bertz CT molecular complexity index is 545. The molecular formula is C15H18N2O2S. The van der Waals surface area contributed by atoms with Crippen LogP contribution >= 0.6 is 11.8 Å². The number of benzene rings is 1. The van der Waals surface area contributed by atoms with Gasteiger partial charge in [-0.3, -0.25) is 0 Å². The third-order valence-corrected chi connectivity index (χ3v) is 4.63. The van der Waals surface area contributed by atoms with E-state index in [9.17, 15) is 15.2 Å². The molecule has 5 heteroatoms. The van der Waals surface area contributed by atoms with E-state index in [-0.39, 0.29) is 0 Å². The van der Waals surface area contributed by atoms with Crippen molar-refractivity contribution in [2.75, 3.05) is 11.6 Å². The van der Waals surface area contributed by atoms with Gasteiger partial charge in [-0.2, -0.15) is 5.26 Å². The summed E-state index contributed by atoms with van der Waals surface area (Å²) in [5.41, 5.74) is 0.232. The van der Waals surface area contributed by atoms with Gasteiger partial charge in [0, 0.05) is 4.90 Å². The lowest BCUT2D eigenvalue weighted by Gasteiger charge is -2.35. The third-order valence-electron chi connectivity index (χ3n) is 3.85. The van der Waals surface area contributed by atoms with Gasteiger partial charge in [-0.15, -0.1) is 11.8 Å². The van der Waals surface area contributed by atoms with Crippen molar-refractivity contribution in [2.45, 2.75) is 42.5 Å². The maximum Gasteiger partial charge on any atom is 0.329 e. The minimum absolute atomic E-state index is 0.534. The molecule has 1 aliphatic carbocycles. The fourth-order valence-electron chi connectivity index (χ4n) is 2.73. The first kappa shape index (κ1) is 14.7. The highest BCUT2D eigenvalue weighted by Crippen LogP contribution is 2.35. The van der Waals surface area contributed by atoms with E-state index in [1.54, 1.807) is 6.07 Å². The van der Waals surface area contributed by atoms with Crippen LogP contribution in [0.5, 0.6) is 0 Å². The molecule has 0 amide bonds. The van der Waals surface area contributed by atoms with Gasteiger partial charge in [0.05, 0.1) is 11.3 Å². The van der Waals surface area contributed by atoms with Gasteiger partial charge < -0.3 is 10.4 Å². The first-order valence-corrected chi connectivity index (χ1v) is 7.94. The molecule has 0 bridgehead atoms. The summed E-state index contributed by atoms with van der Waals surface area (Å²) in [4.78, 5) is 12.6. The van der Waals surface area contributed by atoms with E-state index >= 15 is 0 Å². The molecular weight excluding hydrogens is 272 g/mol. The molecule has 0 aromatic heterocycles. The van der Waals surface area contributed by atoms with Crippen LogP contribution in [-0.4, -0.2) is 22.9 Å². The van der Waals surface area contributed by atoms with Crippen molar-refractivity contribution >= 4 is 23.4 Å². The zero-order valence-electron chi connectivity index (χ0n) is 11.5. The van der Waals surface area contributed by atoms with Crippen molar-refractivity contribution in [2.24, 2.45) is 0 Å². The first-order chi connectivity index (χ1) is 9.63. The number of carboxylic acids is 1. The highest BCUT2D eigenvalue weighted by molar-refractivity contribution is 7.98. The van der Waals surface area contributed by atoms with E-state index in [4.69, 9.17) is 0 Å². The molecule has 1 saturated carbocycles. The Kier molecular flexibility index (Phi) is 4.56. The predicted octanol–water partition coefficient (Wildman–Crippen LogP) is 3.48. The second kappa shape index (κ2) is 6.19. The molecule has 1 aromatic carbocycles. The molecule has 20 heavy (non-hydrogen) atoms. The van der Waals surface area contributed by atoms with Crippen LogP contribution in [0.2, 0.25) is 0 Å². The Hall–Kier alpha value is -1.67. The van der Waals surface area contributed by atoms with Crippen LogP contribution in [0.3, 0.4) is 0 Å². The maximum absolute atomic E-state index is 11.7. The number of hydrogen-bond acceptors (Lipinski definition) is 4. The SMILES string of the molecule is CSc1cccc(NC2(C(=O)O)CCCCC2)c1C#N. The zero-order chi connectivity index (χ0) is 14.6. The lowest BCUT2D eigenvalue weighted by Crippen LogP contribution is -2.48. The van der Waals surface area contributed by atoms with E-state index in [0.29, 0.717) is 24.1 Å². The molecule has 1 aliphatic rings. The summed E-state index contributed by atoms with van der Waals surface area (Å²) in [6, 6.07) is 7.71. The summed E-state index contributed by atoms with van der Waals surface area (Å²) in [6.45, 7) is 0. The van der Waals surface area contributed by atoms with Crippen LogP contribution < -0.4 is 5.32 Å². The van der Waals surface area contributed by atoms with E-state index in [1.807, 2.05) is 18.4 Å². The summed E-state index contributed by atoms with van der Waals surface area (Å²) < 4.78 is 0. The molecule has 0 unspecified atom stereocenters. The highest BCUT2D eigenvalue weighted by atomic mass is 32.2. The normalized spacial score (nSPS) is 17.2. The van der Waals surface area contributed by atoms with Crippen molar-refractivity contribution in [1.29, 1.82) is 5.26 Å². The summed E-state index contributed by atoms with van der Waals surface area (Å²) in [5, 5.41) is 22.1. The average molecular weight is 290 g/mol. The monoisotopic (exact) mass is 290 g/mol. The Labute approximate surface area is 123 Å². The second-order valence-electron chi connectivity index (χ2n) is 5.07. The van der Waals surface area contributed by atoms with Gasteiger partial charge in [-0.1, -0.05) is 25.3 Å². The van der Waals surface area contributed by atoms with Crippen molar-refractivity contribution in [3.05, 3.63) is 23.8 Å². The number of rotatable bonds is 4. The van der Waals surface area contributed by atoms with Crippen molar-refractivity contribution < 1.29 is 9.90 Å². The zero-order valence-corrected chi connectivity index (χ0v) is 12.3. The van der Waals surface area contributed by atoms with E-state index in [0.717, 1.165) is 24.2 Å². The molecule has 0 radical (unpaired) electrons. The molecule has 0 heterocycles. The Balaban J connectivity index is 2.37. The Morgan fingerprint density at radius 2 is 2.10 bits per heavy atom. The van der Waals surface area contributed by atoms with Crippen LogP contribution in [0.4, 0.5) is 5.69 Å². The number of carbonyl (C=O) groups is 1. The number of nitrogens with zero attached hydrogens (tertiary/aromatic N) is 1. The van der Waals surface area contributed by atoms with E-state index in [1.165, 1.54) is 11.8 Å². The van der Waals surface area contributed by atoms with Gasteiger partial charge >= 0.3 is 5.97 Å². The minimum Gasteiger partial charge on any atom is -0.480 e. The van der Waals surface area contributed by atoms with Gasteiger partial charge in [-0.05, 0) is 31.2 Å². The first-order valence-electron chi connectivity index (χ1n) is 6.71. The van der Waals surface area contributed by atoms with E-state index in [2.05, 4.69) is 11.4 Å². The van der Waals surface area contributed by atoms with Crippen molar-refractivity contribution in [3.8, 4) is 6.07 Å². The fraction of sp³-hybridized carbons (Fsp3) is 0.467. The molecule has 106 valence electrons. The van der Waals surface area contributed by atoms with Gasteiger partial charge in [-0.25, -0.2) is 4.79 Å². The largest absolute Gasteiger partial charge is 0.480 e.